The molecule has 4 nitrogen and oxygen atoms in total. The molecule has 0 saturated heterocycles. The van der Waals surface area contributed by atoms with Crippen molar-refractivity contribution < 1.29 is 17.2 Å². The van der Waals surface area contributed by atoms with Gasteiger partial charge in [0.1, 0.15) is 26.4 Å². The number of benzene rings is 2. The van der Waals surface area contributed by atoms with Crippen LogP contribution in [-0.2, 0) is 21.0 Å². The molecule has 0 unspecified atom stereocenters. The number of halogens is 3. The minimum Gasteiger partial charge on any atom is -0.223 e. The normalized spacial score (nSPS) is 21.9. The Balaban J connectivity index is 1.73. The summed E-state index contributed by atoms with van der Waals surface area (Å²) in [7, 11) is -4.02. The Morgan fingerprint density at radius 1 is 1.10 bits per heavy atom. The Kier molecular flexibility index (Phi) is 6.16. The highest BCUT2D eigenvalue weighted by Crippen LogP contribution is 2.49. The molecular weight excluding hydrogens is 462 g/mol. The molecule has 2 aromatic carbocycles. The molecule has 1 aliphatic rings. The number of nitrogens with zero attached hydrogens (tertiary/aromatic N) is 2. The Morgan fingerprint density at radius 3 is 2.39 bits per heavy atom. The average Bonchev–Trinajstić information content (AvgIpc) is 3.15. The fourth-order valence-corrected chi connectivity index (χ4v) is 7.50. The van der Waals surface area contributed by atoms with Crippen LogP contribution < -0.4 is 0 Å². The molecule has 0 atom stereocenters. The van der Waals surface area contributed by atoms with Gasteiger partial charge in [0.15, 0.2) is 9.84 Å². The molecule has 1 heterocycles. The van der Waals surface area contributed by atoms with E-state index in [2.05, 4.69) is 10.2 Å². The molecule has 0 aliphatic heterocycles. The fraction of sp³-hybridized carbons (Fsp3) is 0.364. The zero-order valence-electron chi connectivity index (χ0n) is 16.8. The van der Waals surface area contributed by atoms with Gasteiger partial charge in [-0.1, -0.05) is 11.6 Å². The van der Waals surface area contributed by atoms with Crippen LogP contribution in [0.1, 0.15) is 41.3 Å². The van der Waals surface area contributed by atoms with E-state index in [0.717, 1.165) is 28.2 Å². The van der Waals surface area contributed by atoms with Gasteiger partial charge < -0.3 is 0 Å². The summed E-state index contributed by atoms with van der Waals surface area (Å²) in [4.78, 5) is 0.0544. The van der Waals surface area contributed by atoms with Gasteiger partial charge in [-0.2, -0.15) is 0 Å². The summed E-state index contributed by atoms with van der Waals surface area (Å²) in [5.74, 6) is -1.16. The molecule has 4 rings (SSSR count). The summed E-state index contributed by atoms with van der Waals surface area (Å²) < 4.78 is 55.0. The summed E-state index contributed by atoms with van der Waals surface area (Å²) in [5, 5.41) is 10.4. The molecule has 0 bridgehead atoms. The first-order valence-corrected chi connectivity index (χ1v) is 12.6. The lowest BCUT2D eigenvalue weighted by Crippen LogP contribution is -2.41. The lowest BCUT2D eigenvalue weighted by Gasteiger charge is -2.40. The second-order valence-corrected chi connectivity index (χ2v) is 11.9. The van der Waals surface area contributed by atoms with Crippen molar-refractivity contribution in [2.24, 2.45) is 5.92 Å². The molecule has 0 N–H and O–H groups in total. The number of aryl methyl sites for hydroxylation is 1. The first-order valence-electron chi connectivity index (χ1n) is 9.96. The van der Waals surface area contributed by atoms with E-state index in [9.17, 15) is 17.2 Å². The molecule has 0 spiro atoms. The van der Waals surface area contributed by atoms with Crippen molar-refractivity contribution in [1.82, 2.24) is 10.2 Å². The molecule has 1 fully saturated rings. The topological polar surface area (TPSA) is 59.9 Å². The first kappa shape index (κ1) is 22.3. The Hall–Kier alpha value is -1.90. The monoisotopic (exact) mass is 482 g/mol. The molecular formula is C22H21ClF2N2O2S2. The summed E-state index contributed by atoms with van der Waals surface area (Å²) in [6.07, 6.45) is 2.21. The average molecular weight is 483 g/mol. The van der Waals surface area contributed by atoms with E-state index in [-0.39, 0.29) is 29.2 Å². The van der Waals surface area contributed by atoms with Crippen molar-refractivity contribution in [3.05, 3.63) is 74.7 Å². The maximum absolute atomic E-state index is 14.9. The third kappa shape index (κ3) is 4.25. The smallest absolute Gasteiger partial charge is 0.188 e. The lowest BCUT2D eigenvalue weighted by molar-refractivity contribution is 0.284. The third-order valence-corrected chi connectivity index (χ3v) is 9.66. The Morgan fingerprint density at radius 2 is 1.77 bits per heavy atom. The van der Waals surface area contributed by atoms with Crippen LogP contribution in [0.5, 0.6) is 0 Å². The molecule has 31 heavy (non-hydrogen) atoms. The Labute approximate surface area is 189 Å². The van der Waals surface area contributed by atoms with Crippen molar-refractivity contribution >= 4 is 32.8 Å². The predicted octanol–water partition coefficient (Wildman–Crippen LogP) is 5.88. The minimum absolute atomic E-state index is 0.0544. The zero-order valence-corrected chi connectivity index (χ0v) is 19.2. The second kappa shape index (κ2) is 8.56. The van der Waals surface area contributed by atoms with Gasteiger partial charge in [-0.15, -0.1) is 21.5 Å². The summed E-state index contributed by atoms with van der Waals surface area (Å²) in [5.41, 5.74) is -0.104. The van der Waals surface area contributed by atoms with Crippen LogP contribution in [0.15, 0.2) is 47.4 Å². The molecule has 0 radical (unpaired) electrons. The van der Waals surface area contributed by atoms with E-state index < -0.39 is 26.2 Å². The molecule has 1 aromatic heterocycles. The van der Waals surface area contributed by atoms with Crippen LogP contribution in [0.2, 0.25) is 5.02 Å². The van der Waals surface area contributed by atoms with E-state index in [1.807, 2.05) is 6.92 Å². The van der Waals surface area contributed by atoms with Crippen molar-refractivity contribution in [3.63, 3.8) is 0 Å². The SMILES string of the molecule is Cc1nnc(C[C@H]2CC[C@@](c3cc(F)ccc3F)(S(=O)(=O)c3ccc(Cl)cc3)CC2)s1. The predicted molar refractivity (Wildman–Crippen MR) is 117 cm³/mol. The molecule has 3 aromatic rings. The quantitative estimate of drug-likeness (QED) is 0.455. The van der Waals surface area contributed by atoms with Gasteiger partial charge in [0.2, 0.25) is 0 Å². The van der Waals surface area contributed by atoms with Crippen molar-refractivity contribution in [3.8, 4) is 0 Å². The highest BCUT2D eigenvalue weighted by molar-refractivity contribution is 7.92. The summed E-state index contributed by atoms with van der Waals surface area (Å²) in [6.45, 7) is 1.89. The lowest BCUT2D eigenvalue weighted by atomic mass is 9.76. The van der Waals surface area contributed by atoms with Crippen molar-refractivity contribution in [1.29, 1.82) is 0 Å². The van der Waals surface area contributed by atoms with Crippen LogP contribution in [-0.4, -0.2) is 18.6 Å². The van der Waals surface area contributed by atoms with Gasteiger partial charge in [0.05, 0.1) is 4.90 Å². The summed E-state index contributed by atoms with van der Waals surface area (Å²) >= 11 is 7.45. The number of aromatic nitrogens is 2. The standard InChI is InChI=1S/C22H21ClF2N2O2S2/c1-14-26-27-21(30-14)12-15-8-10-22(11-9-15,19-13-17(24)4-7-20(19)25)31(28,29)18-5-2-16(23)3-6-18/h2-7,13,15H,8-12H2,1H3/t15-,22+. The number of hydrogen-bond donors (Lipinski definition) is 0. The molecule has 1 aliphatic carbocycles. The van der Waals surface area contributed by atoms with Crippen molar-refractivity contribution in [2.75, 3.05) is 0 Å². The number of hydrogen-bond acceptors (Lipinski definition) is 5. The molecule has 1 saturated carbocycles. The summed E-state index contributed by atoms with van der Waals surface area (Å²) in [6, 6.07) is 8.86. The van der Waals surface area contributed by atoms with Crippen molar-refractivity contribution in [2.45, 2.75) is 48.7 Å². The molecule has 164 valence electrons. The van der Waals surface area contributed by atoms with Gasteiger partial charge in [-0.05, 0) is 81.0 Å². The minimum atomic E-state index is -4.02. The van der Waals surface area contributed by atoms with E-state index >= 15 is 0 Å². The van der Waals surface area contributed by atoms with Crippen LogP contribution in [0.3, 0.4) is 0 Å². The first-order chi connectivity index (χ1) is 14.7. The van der Waals surface area contributed by atoms with Crippen LogP contribution in [0.4, 0.5) is 8.78 Å². The van der Waals surface area contributed by atoms with Gasteiger partial charge >= 0.3 is 0 Å². The van der Waals surface area contributed by atoms with Gasteiger partial charge in [0, 0.05) is 17.0 Å². The van der Waals surface area contributed by atoms with Gasteiger partial charge in [0.25, 0.3) is 0 Å². The zero-order chi connectivity index (χ0) is 22.2. The highest BCUT2D eigenvalue weighted by Gasteiger charge is 2.50. The number of rotatable bonds is 5. The van der Waals surface area contributed by atoms with E-state index in [1.54, 1.807) is 0 Å². The fourth-order valence-electron chi connectivity index (χ4n) is 4.38. The van der Waals surface area contributed by atoms with Crippen LogP contribution >= 0.6 is 22.9 Å². The van der Waals surface area contributed by atoms with Gasteiger partial charge in [-0.3, -0.25) is 0 Å². The largest absolute Gasteiger partial charge is 0.223 e. The van der Waals surface area contributed by atoms with E-state index in [1.165, 1.54) is 35.6 Å². The highest BCUT2D eigenvalue weighted by atomic mass is 35.5. The van der Waals surface area contributed by atoms with Crippen LogP contribution in [0.25, 0.3) is 0 Å². The maximum atomic E-state index is 14.9. The maximum Gasteiger partial charge on any atom is 0.188 e. The third-order valence-electron chi connectivity index (χ3n) is 6.00. The van der Waals surface area contributed by atoms with Crippen LogP contribution in [0, 0.1) is 24.5 Å². The van der Waals surface area contributed by atoms with E-state index in [0.29, 0.717) is 24.3 Å². The molecule has 9 heteroatoms. The number of sulfone groups is 1. The van der Waals surface area contributed by atoms with E-state index in [4.69, 9.17) is 11.6 Å². The second-order valence-electron chi connectivity index (χ2n) is 7.94. The van der Waals surface area contributed by atoms with Gasteiger partial charge in [-0.25, -0.2) is 17.2 Å². The Bertz CT molecular complexity index is 1190. The molecule has 0 amide bonds.